The second kappa shape index (κ2) is 7.34. The Labute approximate surface area is 156 Å². The van der Waals surface area contributed by atoms with Gasteiger partial charge in [0.15, 0.2) is 5.76 Å². The summed E-state index contributed by atoms with van der Waals surface area (Å²) in [6.45, 7) is -0.217. The van der Waals surface area contributed by atoms with Crippen molar-refractivity contribution in [3.05, 3.63) is 46.5 Å². The van der Waals surface area contributed by atoms with Crippen LogP contribution in [-0.2, 0) is 0 Å². The number of hydrogen-bond donors (Lipinski definition) is 0. The van der Waals surface area contributed by atoms with Crippen molar-refractivity contribution in [2.75, 3.05) is 6.54 Å². The van der Waals surface area contributed by atoms with Gasteiger partial charge in [-0.2, -0.15) is 5.10 Å². The molecule has 0 atom stereocenters. The van der Waals surface area contributed by atoms with Gasteiger partial charge in [-0.25, -0.2) is 19.8 Å². The number of carbonyl (C=O) groups excluding carboxylic acids is 1. The Hall–Kier alpha value is -2.56. The Bertz CT molecular complexity index is 830. The molecule has 0 spiro atoms. The summed E-state index contributed by atoms with van der Waals surface area (Å²) in [6, 6.07) is 5.01. The quantitative estimate of drug-likeness (QED) is 0.268. The maximum Gasteiger partial charge on any atom is 1.00 e. The van der Waals surface area contributed by atoms with E-state index in [1.54, 1.807) is 0 Å². The summed E-state index contributed by atoms with van der Waals surface area (Å²) >= 11 is 0. The number of aromatic nitrogens is 1. The largest absolute Gasteiger partial charge is 1.00 e. The molecule has 0 saturated heterocycles. The predicted molar refractivity (Wildman–Crippen MR) is 75.7 cm³/mol. The molecule has 0 saturated carbocycles. The van der Waals surface area contributed by atoms with Crippen molar-refractivity contribution in [2.45, 2.75) is 0 Å². The molecule has 2 aromatic rings. The van der Waals surface area contributed by atoms with E-state index in [4.69, 9.17) is 4.42 Å². The van der Waals surface area contributed by atoms with E-state index in [-0.39, 0.29) is 47.7 Å². The van der Waals surface area contributed by atoms with E-state index < -0.39 is 16.9 Å². The zero-order valence-electron chi connectivity index (χ0n) is 12.4. The van der Waals surface area contributed by atoms with Gasteiger partial charge < -0.3 is 9.52 Å². The number of benzene rings is 1. The van der Waals surface area contributed by atoms with Crippen LogP contribution in [0, 0.1) is 10.1 Å². The summed E-state index contributed by atoms with van der Waals surface area (Å²) in [5.41, 5.74) is 0.571. The Morgan fingerprint density at radius 1 is 1.33 bits per heavy atom. The van der Waals surface area contributed by atoms with E-state index in [9.17, 15) is 20.0 Å². The van der Waals surface area contributed by atoms with Crippen molar-refractivity contribution in [3.8, 4) is 11.3 Å². The molecule has 0 unspecified atom stereocenters. The number of amides is 2. The van der Waals surface area contributed by atoms with E-state index in [0.717, 1.165) is 5.01 Å². The fraction of sp³-hybridized carbons (Fsp3) is 0.0769. The first-order valence-corrected chi connectivity index (χ1v) is 6.33. The topological polar surface area (TPSA) is 137 Å². The number of nitro benzene ring substituents is 1. The van der Waals surface area contributed by atoms with Crippen LogP contribution >= 0.6 is 0 Å². The van der Waals surface area contributed by atoms with Gasteiger partial charge in [-0.15, -0.1) is 0 Å². The standard InChI is InChI=1S/C13H9N5O5.Na/c19-11-7-17(13(20)16-11)15-6-12-14-5-10(23-12)8-1-3-9(4-2-8)18(21)22;/h1-6H,7H2,(H,16,19,20);/q;+1/p-1/b15-6+;. The number of nitrogens with zero attached hydrogens (tertiary/aromatic N) is 5. The molecule has 0 N–H and O–H groups in total. The van der Waals surface area contributed by atoms with Crippen molar-refractivity contribution in [3.63, 3.8) is 0 Å². The number of aliphatic imine (C=N–C) groups is 1. The summed E-state index contributed by atoms with van der Waals surface area (Å²) in [5.74, 6) is -0.0634. The minimum atomic E-state index is -0.742. The van der Waals surface area contributed by atoms with Gasteiger partial charge in [0.2, 0.25) is 5.89 Å². The van der Waals surface area contributed by atoms with Crippen molar-refractivity contribution < 1.29 is 48.8 Å². The third kappa shape index (κ3) is 3.85. The van der Waals surface area contributed by atoms with Crippen molar-refractivity contribution in [1.82, 2.24) is 9.99 Å². The second-order valence-electron chi connectivity index (χ2n) is 4.46. The van der Waals surface area contributed by atoms with Gasteiger partial charge in [0.1, 0.15) is 6.21 Å². The van der Waals surface area contributed by atoms with Gasteiger partial charge in [0.05, 0.1) is 17.7 Å². The molecular weight excluding hydrogens is 329 g/mol. The number of hydrogen-bond acceptors (Lipinski definition) is 7. The van der Waals surface area contributed by atoms with Gasteiger partial charge in [-0.1, -0.05) is 0 Å². The van der Waals surface area contributed by atoms with Gasteiger partial charge in [-0.05, 0) is 18.0 Å². The van der Waals surface area contributed by atoms with Crippen molar-refractivity contribution in [2.24, 2.45) is 10.1 Å². The third-order valence-electron chi connectivity index (χ3n) is 2.92. The molecule has 2 amide bonds. The van der Waals surface area contributed by atoms with Crippen molar-refractivity contribution >= 4 is 23.8 Å². The summed E-state index contributed by atoms with van der Waals surface area (Å²) < 4.78 is 5.41. The Morgan fingerprint density at radius 3 is 2.62 bits per heavy atom. The smallest absolute Gasteiger partial charge is 0.860 e. The number of oxazole rings is 1. The molecule has 0 radical (unpaired) electrons. The van der Waals surface area contributed by atoms with Crippen LogP contribution in [-0.4, -0.2) is 39.6 Å². The summed E-state index contributed by atoms with van der Waals surface area (Å²) in [4.78, 5) is 28.5. The van der Waals surface area contributed by atoms with Crippen LogP contribution in [0.25, 0.3) is 11.3 Å². The fourth-order valence-electron chi connectivity index (χ4n) is 1.83. The first-order valence-electron chi connectivity index (χ1n) is 6.33. The normalized spacial score (nSPS) is 13.9. The molecule has 0 bridgehead atoms. The minimum absolute atomic E-state index is 0. The Morgan fingerprint density at radius 2 is 2.04 bits per heavy atom. The van der Waals surface area contributed by atoms with Gasteiger partial charge in [0.25, 0.3) is 5.69 Å². The number of carbonyl (C=O) groups is 1. The summed E-state index contributed by atoms with van der Waals surface area (Å²) in [6.07, 6.45) is 2.60. The second-order valence-corrected chi connectivity index (χ2v) is 4.46. The summed E-state index contributed by atoms with van der Waals surface area (Å²) in [7, 11) is 0. The fourth-order valence-corrected chi connectivity index (χ4v) is 1.83. The van der Waals surface area contributed by atoms with Crippen LogP contribution in [0.5, 0.6) is 0 Å². The van der Waals surface area contributed by atoms with E-state index in [0.29, 0.717) is 11.3 Å². The molecule has 3 rings (SSSR count). The monoisotopic (exact) mass is 337 g/mol. The molecule has 24 heavy (non-hydrogen) atoms. The Kier molecular flexibility index (Phi) is 5.44. The van der Waals surface area contributed by atoms with Crippen LogP contribution in [0.3, 0.4) is 0 Å². The predicted octanol–water partition coefficient (Wildman–Crippen LogP) is -2.22. The van der Waals surface area contributed by atoms with E-state index in [1.165, 1.54) is 36.7 Å². The number of rotatable bonds is 4. The molecule has 1 aromatic carbocycles. The van der Waals surface area contributed by atoms with Crippen LogP contribution in [0.2, 0.25) is 0 Å². The summed E-state index contributed by atoms with van der Waals surface area (Å²) in [5, 5.41) is 26.2. The third-order valence-corrected chi connectivity index (χ3v) is 2.92. The Balaban J connectivity index is 0.00000208. The van der Waals surface area contributed by atoms with E-state index >= 15 is 0 Å². The van der Waals surface area contributed by atoms with Crippen molar-refractivity contribution in [1.29, 1.82) is 0 Å². The van der Waals surface area contributed by atoms with Crippen LogP contribution in [0.15, 0.2) is 45.0 Å². The number of nitro groups is 1. The molecule has 116 valence electrons. The molecule has 0 aliphatic carbocycles. The van der Waals surface area contributed by atoms with Crippen LogP contribution < -0.4 is 34.7 Å². The zero-order valence-corrected chi connectivity index (χ0v) is 14.4. The maximum atomic E-state index is 11.2. The molecule has 0 fully saturated rings. The first-order chi connectivity index (χ1) is 11.0. The van der Waals surface area contributed by atoms with E-state index in [1.807, 2.05) is 0 Å². The molecule has 2 heterocycles. The molecule has 1 aromatic heterocycles. The van der Waals surface area contributed by atoms with Gasteiger partial charge in [-0.3, -0.25) is 10.1 Å². The average Bonchev–Trinajstić information content (AvgIpc) is 3.11. The van der Waals surface area contributed by atoms with E-state index in [2.05, 4.69) is 15.1 Å². The number of non-ortho nitro benzene ring substituents is 1. The SMILES string of the molecule is O=C1N=C([O-])CN1/N=C/c1ncc(-c2ccc([N+](=O)[O-])cc2)o1.[Na+]. The molecule has 10 nitrogen and oxygen atoms in total. The molecular formula is C13H8N5NaO5. The number of hydrazone groups is 1. The molecule has 1 aliphatic rings. The minimum Gasteiger partial charge on any atom is -0.860 e. The van der Waals surface area contributed by atoms with Crippen LogP contribution in [0.4, 0.5) is 10.5 Å². The maximum absolute atomic E-state index is 11.2. The number of urea groups is 1. The van der Waals surface area contributed by atoms with Crippen LogP contribution in [0.1, 0.15) is 5.89 Å². The zero-order chi connectivity index (χ0) is 16.4. The average molecular weight is 337 g/mol. The molecule has 11 heteroatoms. The van der Waals surface area contributed by atoms with Gasteiger partial charge in [0, 0.05) is 17.7 Å². The first kappa shape index (κ1) is 17.8. The molecule has 1 aliphatic heterocycles. The van der Waals surface area contributed by atoms with Gasteiger partial charge >= 0.3 is 35.6 Å².